The predicted molar refractivity (Wildman–Crippen MR) is 182 cm³/mol. The molecule has 1 aromatic heterocycles. The Morgan fingerprint density at radius 3 is 2.67 bits per heavy atom. The van der Waals surface area contributed by atoms with Crippen LogP contribution >= 0.6 is 0 Å². The van der Waals surface area contributed by atoms with E-state index in [1.54, 1.807) is 32.0 Å². The zero-order chi connectivity index (χ0) is 35.3. The number of allylic oxidation sites excluding steroid dienone is 1. The number of rotatable bonds is 7. The van der Waals surface area contributed by atoms with E-state index in [1.165, 1.54) is 4.90 Å². The number of pyridine rings is 1. The van der Waals surface area contributed by atoms with Gasteiger partial charge in [0.1, 0.15) is 29.2 Å². The Morgan fingerprint density at radius 1 is 1.20 bits per heavy atom. The Hall–Kier alpha value is -3.91. The number of phenolic OH excluding ortho intramolecular Hbond substituents is 1. The average Bonchev–Trinajstić information content (AvgIpc) is 3.91. The molecule has 266 valence electrons. The summed E-state index contributed by atoms with van der Waals surface area (Å²) in [5, 5.41) is 13.9. The number of carbonyl (C=O) groups excluding carboxylic acids is 3. The molecule has 3 fully saturated rings. The molecule has 5 N–H and O–H groups in total. The Morgan fingerprint density at radius 2 is 1.96 bits per heavy atom. The summed E-state index contributed by atoms with van der Waals surface area (Å²) in [4.78, 5) is 47.7. The highest BCUT2D eigenvalue weighted by molar-refractivity contribution is 7.91. The number of nitrogens with zero attached hydrogens (tertiary/aromatic N) is 2. The fourth-order valence-corrected chi connectivity index (χ4v) is 8.10. The highest BCUT2D eigenvalue weighted by Gasteiger charge is 2.63. The summed E-state index contributed by atoms with van der Waals surface area (Å²) in [6.07, 6.45) is 7.94. The minimum atomic E-state index is -3.95. The number of benzene rings is 1. The Bertz CT molecular complexity index is 1790. The number of hydrogen-bond donors (Lipinski definition) is 4. The first kappa shape index (κ1) is 34.9. The molecule has 0 bridgehead atoms. The van der Waals surface area contributed by atoms with Gasteiger partial charge in [-0.25, -0.2) is 13.4 Å². The van der Waals surface area contributed by atoms with Crippen molar-refractivity contribution in [3.8, 4) is 17.4 Å². The van der Waals surface area contributed by atoms with Crippen LogP contribution in [-0.4, -0.2) is 82.3 Å². The van der Waals surface area contributed by atoms with E-state index in [0.717, 1.165) is 25.7 Å². The van der Waals surface area contributed by atoms with E-state index < -0.39 is 62.1 Å². The summed E-state index contributed by atoms with van der Waals surface area (Å²) >= 11 is 0. The predicted octanol–water partition coefficient (Wildman–Crippen LogP) is 3.11. The van der Waals surface area contributed by atoms with Crippen LogP contribution in [0.1, 0.15) is 84.1 Å². The lowest BCUT2D eigenvalue weighted by molar-refractivity contribution is -0.140. The van der Waals surface area contributed by atoms with Gasteiger partial charge in [-0.1, -0.05) is 25.0 Å². The number of fused-ring (bicyclic) bond motifs is 3. The molecule has 3 amide bonds. The van der Waals surface area contributed by atoms with Gasteiger partial charge in [-0.05, 0) is 78.4 Å². The van der Waals surface area contributed by atoms with Crippen molar-refractivity contribution in [1.82, 2.24) is 19.9 Å². The minimum Gasteiger partial charge on any atom is -0.508 e. The van der Waals surface area contributed by atoms with Crippen molar-refractivity contribution in [3.63, 3.8) is 0 Å². The summed E-state index contributed by atoms with van der Waals surface area (Å²) in [6, 6.07) is 3.05. The largest absolute Gasteiger partial charge is 0.508 e. The lowest BCUT2D eigenvalue weighted by Crippen LogP contribution is -2.58. The van der Waals surface area contributed by atoms with Crippen molar-refractivity contribution >= 4 is 38.6 Å². The van der Waals surface area contributed by atoms with E-state index >= 15 is 0 Å². The van der Waals surface area contributed by atoms with Gasteiger partial charge in [-0.2, -0.15) is 0 Å². The topological polar surface area (TPSA) is 190 Å². The summed E-state index contributed by atoms with van der Waals surface area (Å²) in [7, 11) is -3.95. The number of aromatic hydroxyl groups is 1. The molecule has 13 nitrogen and oxygen atoms in total. The minimum absolute atomic E-state index is 0.0567. The van der Waals surface area contributed by atoms with Crippen LogP contribution in [0.2, 0.25) is 0 Å². The fourth-order valence-electron chi connectivity index (χ4n) is 6.78. The van der Waals surface area contributed by atoms with Gasteiger partial charge >= 0.3 is 0 Å². The number of ether oxygens (including phenoxy) is 2. The van der Waals surface area contributed by atoms with Crippen LogP contribution in [0, 0.1) is 12.8 Å². The summed E-state index contributed by atoms with van der Waals surface area (Å²) in [6.45, 7) is 7.13. The van der Waals surface area contributed by atoms with Crippen LogP contribution in [0.5, 0.6) is 17.4 Å². The van der Waals surface area contributed by atoms with Crippen molar-refractivity contribution < 1.29 is 37.4 Å². The van der Waals surface area contributed by atoms with E-state index in [9.17, 15) is 27.9 Å². The quantitative estimate of drug-likeness (QED) is 0.313. The summed E-state index contributed by atoms with van der Waals surface area (Å²) < 4.78 is 39.7. The Balaban J connectivity index is 1.31. The first-order valence-corrected chi connectivity index (χ1v) is 18.7. The second-order valence-corrected chi connectivity index (χ2v) is 16.7. The van der Waals surface area contributed by atoms with Crippen molar-refractivity contribution in [1.29, 1.82) is 0 Å². The lowest BCUT2D eigenvalue weighted by atomic mass is 10.1. The highest BCUT2D eigenvalue weighted by atomic mass is 32.2. The zero-order valence-corrected chi connectivity index (χ0v) is 29.3. The van der Waals surface area contributed by atoms with Gasteiger partial charge in [0.05, 0.1) is 29.0 Å². The maximum Gasteiger partial charge on any atom is 0.259 e. The van der Waals surface area contributed by atoms with Crippen molar-refractivity contribution in [3.05, 3.63) is 35.9 Å². The second-order valence-electron chi connectivity index (χ2n) is 14.5. The number of nitrogens with two attached hydrogens (primary N) is 1. The SMILES string of the molecule is Cc1c(O)ccc2c(O[C@@H]3C[C@H]4C(=O)N[C@]5(C(=O)NS(=O)(=O)C6(C)CC6)C[C@H]5/C=C\CCCCC[C@H](N)C(=O)N4C3)cc(OC(C)C)nc12. The molecule has 4 aliphatic rings. The van der Waals surface area contributed by atoms with Gasteiger partial charge < -0.3 is 30.5 Å². The molecular formula is C35H47N5O8S. The van der Waals surface area contributed by atoms with Crippen LogP contribution in [0.4, 0.5) is 0 Å². The van der Waals surface area contributed by atoms with Crippen molar-refractivity contribution in [2.45, 2.75) is 120 Å². The van der Waals surface area contributed by atoms with Gasteiger partial charge in [0.2, 0.25) is 27.7 Å². The molecule has 5 atom stereocenters. The van der Waals surface area contributed by atoms with Crippen LogP contribution in [-0.2, 0) is 24.4 Å². The maximum absolute atomic E-state index is 14.2. The number of hydrogen-bond acceptors (Lipinski definition) is 10. The van der Waals surface area contributed by atoms with E-state index in [0.29, 0.717) is 47.4 Å². The molecule has 0 unspecified atom stereocenters. The molecule has 2 saturated carbocycles. The smallest absolute Gasteiger partial charge is 0.259 e. The van der Waals surface area contributed by atoms with Crippen LogP contribution in [0.15, 0.2) is 30.4 Å². The summed E-state index contributed by atoms with van der Waals surface area (Å²) in [5.41, 5.74) is 5.97. The third-order valence-electron chi connectivity index (χ3n) is 10.3. The molecule has 1 saturated heterocycles. The first-order valence-electron chi connectivity index (χ1n) is 17.2. The standard InChI is InChI=1S/C35H47N5O8S/c1-20(2)47-29-17-28(24-12-13-27(41)21(3)30(24)37-29)48-23-16-26-31(42)38-35(33(44)39-49(45,46)34(4)14-15-34)18-22(35)10-8-6-5-7-9-11-25(36)32(43)40(26)19-23/h8,10,12-13,17,20,22-23,25-26,41H,5-7,9,11,14-16,18-19,36H2,1-4H3,(H,38,42)(H,39,44)/b10-8-/t22-,23-,25+,26+,35-/m1/s1. The summed E-state index contributed by atoms with van der Waals surface area (Å²) in [5.74, 6) is -1.36. The average molecular weight is 698 g/mol. The van der Waals surface area contributed by atoms with Crippen molar-refractivity contribution in [2.24, 2.45) is 11.7 Å². The van der Waals surface area contributed by atoms with Gasteiger partial charge in [-0.3, -0.25) is 19.1 Å². The van der Waals surface area contributed by atoms with E-state index in [1.807, 2.05) is 26.0 Å². The first-order chi connectivity index (χ1) is 23.1. The number of carbonyl (C=O) groups is 3. The van der Waals surface area contributed by atoms with E-state index in [2.05, 4.69) is 15.0 Å². The normalized spacial score (nSPS) is 29.2. The number of nitrogens with one attached hydrogen (secondary N) is 2. The Labute approximate surface area is 287 Å². The second kappa shape index (κ2) is 13.1. The lowest BCUT2D eigenvalue weighted by Gasteiger charge is -2.28. The maximum atomic E-state index is 14.2. The zero-order valence-electron chi connectivity index (χ0n) is 28.5. The van der Waals surface area contributed by atoms with Gasteiger partial charge in [0.25, 0.3) is 5.91 Å². The Kier molecular flexibility index (Phi) is 9.33. The molecule has 1 aromatic carbocycles. The molecule has 2 aromatic rings. The molecule has 49 heavy (non-hydrogen) atoms. The third kappa shape index (κ3) is 6.94. The molecule has 6 rings (SSSR count). The molecule has 14 heteroatoms. The number of phenols is 1. The molecular weight excluding hydrogens is 650 g/mol. The molecule has 0 radical (unpaired) electrons. The molecule has 2 aliphatic carbocycles. The van der Waals surface area contributed by atoms with Gasteiger partial charge in [0.15, 0.2) is 0 Å². The van der Waals surface area contributed by atoms with Crippen LogP contribution in [0.25, 0.3) is 10.9 Å². The number of aromatic nitrogens is 1. The fraction of sp³-hybridized carbons (Fsp3) is 0.600. The monoisotopic (exact) mass is 697 g/mol. The van der Waals surface area contributed by atoms with Gasteiger partial charge in [0, 0.05) is 29.4 Å². The van der Waals surface area contributed by atoms with E-state index in [-0.39, 0.29) is 31.2 Å². The molecule has 0 spiro atoms. The number of aryl methyl sites for hydroxylation is 1. The van der Waals surface area contributed by atoms with Crippen molar-refractivity contribution in [2.75, 3.05) is 6.54 Å². The molecule has 3 heterocycles. The van der Waals surface area contributed by atoms with E-state index in [4.69, 9.17) is 15.2 Å². The number of amides is 3. The van der Waals surface area contributed by atoms with Crippen LogP contribution in [0.3, 0.4) is 0 Å². The number of sulfonamides is 1. The third-order valence-corrected chi connectivity index (χ3v) is 12.5. The highest BCUT2D eigenvalue weighted by Crippen LogP contribution is 2.47. The molecule has 2 aliphatic heterocycles. The van der Waals surface area contributed by atoms with Crippen LogP contribution < -0.4 is 25.2 Å². The van der Waals surface area contributed by atoms with Gasteiger partial charge in [-0.15, -0.1) is 0 Å².